The van der Waals surface area contributed by atoms with E-state index >= 15 is 0 Å². The molecule has 2 aromatic rings. The summed E-state index contributed by atoms with van der Waals surface area (Å²) in [7, 11) is 0. The number of hydrogen-bond donors (Lipinski definition) is 1. The maximum Gasteiger partial charge on any atom is 0.416 e. The van der Waals surface area contributed by atoms with Gasteiger partial charge < -0.3 is 5.11 Å². The first kappa shape index (κ1) is 13.5. The van der Waals surface area contributed by atoms with Crippen molar-refractivity contribution in [3.8, 4) is 11.1 Å². The topological polar surface area (TPSA) is 20.2 Å². The molecule has 0 unspecified atom stereocenters. The Morgan fingerprint density at radius 3 is 2.11 bits per heavy atom. The summed E-state index contributed by atoms with van der Waals surface area (Å²) >= 11 is 0. The van der Waals surface area contributed by atoms with Crippen molar-refractivity contribution in [3.63, 3.8) is 0 Å². The van der Waals surface area contributed by atoms with Gasteiger partial charge in [-0.25, -0.2) is 4.39 Å². The van der Waals surface area contributed by atoms with Crippen LogP contribution >= 0.6 is 0 Å². The molecule has 0 spiro atoms. The molecule has 0 radical (unpaired) electrons. The van der Waals surface area contributed by atoms with Gasteiger partial charge in [-0.05, 0) is 17.7 Å². The minimum absolute atomic E-state index is 0.109. The summed E-state index contributed by atoms with van der Waals surface area (Å²) in [5, 5.41) is 8.95. The molecule has 0 aromatic heterocycles. The average molecular weight is 270 g/mol. The molecular formula is C14H10F4O. The van der Waals surface area contributed by atoms with Gasteiger partial charge in [0.15, 0.2) is 0 Å². The van der Waals surface area contributed by atoms with Crippen LogP contribution in [0.5, 0.6) is 0 Å². The van der Waals surface area contributed by atoms with Crippen molar-refractivity contribution in [1.82, 2.24) is 0 Å². The molecule has 0 heterocycles. The van der Waals surface area contributed by atoms with Crippen LogP contribution in [0.1, 0.15) is 11.1 Å². The Hall–Kier alpha value is -1.88. The maximum absolute atomic E-state index is 13.9. The number of hydrogen-bond acceptors (Lipinski definition) is 1. The maximum atomic E-state index is 13.9. The van der Waals surface area contributed by atoms with Crippen molar-refractivity contribution < 1.29 is 22.7 Å². The number of aliphatic hydroxyl groups excluding tert-OH is 1. The highest BCUT2D eigenvalue weighted by molar-refractivity contribution is 5.65. The molecule has 0 saturated heterocycles. The van der Waals surface area contributed by atoms with Crippen LogP contribution in [0, 0.1) is 5.82 Å². The highest BCUT2D eigenvalue weighted by Gasteiger charge is 2.30. The fraction of sp³-hybridized carbons (Fsp3) is 0.143. The van der Waals surface area contributed by atoms with Crippen LogP contribution in [0.2, 0.25) is 0 Å². The lowest BCUT2D eigenvalue weighted by molar-refractivity contribution is -0.137. The van der Waals surface area contributed by atoms with Gasteiger partial charge in [0.2, 0.25) is 0 Å². The zero-order valence-corrected chi connectivity index (χ0v) is 9.71. The fourth-order valence-corrected chi connectivity index (χ4v) is 1.76. The van der Waals surface area contributed by atoms with Gasteiger partial charge in [-0.3, -0.25) is 0 Å². The number of alkyl halides is 3. The number of benzene rings is 2. The Morgan fingerprint density at radius 1 is 0.947 bits per heavy atom. The second kappa shape index (κ2) is 5.01. The van der Waals surface area contributed by atoms with Crippen LogP contribution in [0.4, 0.5) is 17.6 Å². The second-order valence-electron chi connectivity index (χ2n) is 4.01. The molecule has 2 rings (SSSR count). The number of rotatable bonds is 2. The van der Waals surface area contributed by atoms with Crippen molar-refractivity contribution in [3.05, 3.63) is 59.4 Å². The predicted octanol–water partition coefficient (Wildman–Crippen LogP) is 4.00. The van der Waals surface area contributed by atoms with Crippen LogP contribution < -0.4 is 0 Å². The Balaban J connectivity index is 2.43. The minimum Gasteiger partial charge on any atom is -0.392 e. The van der Waals surface area contributed by atoms with Crippen molar-refractivity contribution >= 4 is 0 Å². The van der Waals surface area contributed by atoms with E-state index in [9.17, 15) is 17.6 Å². The first-order valence-electron chi connectivity index (χ1n) is 5.49. The molecule has 1 nitrogen and oxygen atoms in total. The van der Waals surface area contributed by atoms with E-state index in [-0.39, 0.29) is 11.1 Å². The van der Waals surface area contributed by atoms with Crippen molar-refractivity contribution in [2.24, 2.45) is 0 Å². The highest BCUT2D eigenvalue weighted by atomic mass is 19.4. The molecule has 0 saturated carbocycles. The second-order valence-corrected chi connectivity index (χ2v) is 4.01. The van der Waals surface area contributed by atoms with Crippen LogP contribution in [-0.2, 0) is 12.8 Å². The zero-order valence-electron chi connectivity index (χ0n) is 9.71. The summed E-state index contributed by atoms with van der Waals surface area (Å²) in [6, 6.07) is 8.65. The molecule has 2 aromatic carbocycles. The Labute approximate surface area is 107 Å². The molecule has 100 valence electrons. The molecule has 0 aliphatic carbocycles. The van der Waals surface area contributed by atoms with Gasteiger partial charge in [-0.2, -0.15) is 13.2 Å². The summed E-state index contributed by atoms with van der Waals surface area (Å²) in [6.07, 6.45) is -4.41. The largest absolute Gasteiger partial charge is 0.416 e. The summed E-state index contributed by atoms with van der Waals surface area (Å²) < 4.78 is 51.1. The van der Waals surface area contributed by atoms with E-state index in [0.717, 1.165) is 12.1 Å². The monoisotopic (exact) mass is 270 g/mol. The quantitative estimate of drug-likeness (QED) is 0.818. The van der Waals surface area contributed by atoms with Crippen LogP contribution in [0.15, 0.2) is 42.5 Å². The van der Waals surface area contributed by atoms with Gasteiger partial charge in [0.1, 0.15) is 5.82 Å². The first-order chi connectivity index (χ1) is 8.93. The fourth-order valence-electron chi connectivity index (χ4n) is 1.76. The third-order valence-electron chi connectivity index (χ3n) is 2.77. The predicted molar refractivity (Wildman–Crippen MR) is 62.8 cm³/mol. The summed E-state index contributed by atoms with van der Waals surface area (Å²) in [5.41, 5.74) is -0.173. The van der Waals surface area contributed by atoms with Crippen LogP contribution in [-0.4, -0.2) is 5.11 Å². The minimum atomic E-state index is -4.41. The zero-order chi connectivity index (χ0) is 14.0. The van der Waals surface area contributed by atoms with E-state index in [4.69, 9.17) is 5.11 Å². The van der Waals surface area contributed by atoms with Crippen LogP contribution in [0.25, 0.3) is 11.1 Å². The lowest BCUT2D eigenvalue weighted by Crippen LogP contribution is -2.04. The van der Waals surface area contributed by atoms with E-state index in [1.165, 1.54) is 24.3 Å². The van der Waals surface area contributed by atoms with E-state index < -0.39 is 24.2 Å². The van der Waals surface area contributed by atoms with Gasteiger partial charge in [0.25, 0.3) is 0 Å². The number of aliphatic hydroxyl groups is 1. The molecule has 0 aliphatic rings. The standard InChI is InChI=1S/C14H10F4O/c15-13-10(8-19)2-1-3-12(13)9-4-6-11(7-5-9)14(16,17)18/h1-7,19H,8H2. The van der Waals surface area contributed by atoms with Crippen LogP contribution in [0.3, 0.4) is 0 Å². The molecular weight excluding hydrogens is 260 g/mol. The molecule has 0 aliphatic heterocycles. The van der Waals surface area contributed by atoms with E-state index in [1.807, 2.05) is 0 Å². The van der Waals surface area contributed by atoms with Gasteiger partial charge in [-0.15, -0.1) is 0 Å². The molecule has 0 bridgehead atoms. The normalized spacial score (nSPS) is 11.6. The lowest BCUT2D eigenvalue weighted by Gasteiger charge is -2.09. The van der Waals surface area contributed by atoms with Gasteiger partial charge >= 0.3 is 6.18 Å². The lowest BCUT2D eigenvalue weighted by atomic mass is 10.0. The van der Waals surface area contributed by atoms with E-state index in [2.05, 4.69) is 0 Å². The van der Waals surface area contributed by atoms with E-state index in [0.29, 0.717) is 5.56 Å². The third-order valence-corrected chi connectivity index (χ3v) is 2.77. The molecule has 0 fully saturated rings. The Morgan fingerprint density at radius 2 is 1.58 bits per heavy atom. The van der Waals surface area contributed by atoms with Crippen molar-refractivity contribution in [2.45, 2.75) is 12.8 Å². The Bertz CT molecular complexity index is 573. The molecule has 0 atom stereocenters. The van der Waals surface area contributed by atoms with Gasteiger partial charge in [-0.1, -0.05) is 30.3 Å². The first-order valence-corrected chi connectivity index (χ1v) is 5.49. The third kappa shape index (κ3) is 2.76. The van der Waals surface area contributed by atoms with Gasteiger partial charge in [0, 0.05) is 11.1 Å². The summed E-state index contributed by atoms with van der Waals surface area (Å²) in [5.74, 6) is -0.621. The van der Waals surface area contributed by atoms with Crippen molar-refractivity contribution in [2.75, 3.05) is 0 Å². The molecule has 0 amide bonds. The number of halogens is 4. The SMILES string of the molecule is OCc1cccc(-c2ccc(C(F)(F)F)cc2)c1F. The Kier molecular flexibility index (Phi) is 3.57. The average Bonchev–Trinajstić information content (AvgIpc) is 2.38. The smallest absolute Gasteiger partial charge is 0.392 e. The van der Waals surface area contributed by atoms with Gasteiger partial charge in [0.05, 0.1) is 12.2 Å². The van der Waals surface area contributed by atoms with Crippen molar-refractivity contribution in [1.29, 1.82) is 0 Å². The highest BCUT2D eigenvalue weighted by Crippen LogP contribution is 2.32. The molecule has 5 heteroatoms. The van der Waals surface area contributed by atoms with E-state index in [1.54, 1.807) is 6.07 Å². The summed E-state index contributed by atoms with van der Waals surface area (Å²) in [4.78, 5) is 0. The summed E-state index contributed by atoms with van der Waals surface area (Å²) in [6.45, 7) is -0.458. The molecule has 1 N–H and O–H groups in total. The molecule has 19 heavy (non-hydrogen) atoms.